The van der Waals surface area contributed by atoms with E-state index in [9.17, 15) is 4.79 Å². The molecule has 0 radical (unpaired) electrons. The van der Waals surface area contributed by atoms with Gasteiger partial charge in [0, 0.05) is 18.3 Å². The number of nitrogens with one attached hydrogen (secondary N) is 1. The van der Waals surface area contributed by atoms with E-state index >= 15 is 0 Å². The third kappa shape index (κ3) is 2.47. The summed E-state index contributed by atoms with van der Waals surface area (Å²) in [5.74, 6) is -0.00556. The van der Waals surface area contributed by atoms with Gasteiger partial charge in [-0.15, -0.1) is 0 Å². The van der Waals surface area contributed by atoms with Gasteiger partial charge in [0.25, 0.3) is 0 Å². The van der Waals surface area contributed by atoms with Gasteiger partial charge >= 0.3 is 0 Å². The molecule has 4 nitrogen and oxygen atoms in total. The second kappa shape index (κ2) is 5.41. The van der Waals surface area contributed by atoms with Crippen molar-refractivity contribution >= 4 is 11.6 Å². The Bertz CT molecular complexity index is 533. The lowest BCUT2D eigenvalue weighted by Crippen LogP contribution is -2.59. The highest BCUT2D eigenvalue weighted by molar-refractivity contribution is 5.99. The summed E-state index contributed by atoms with van der Waals surface area (Å²) >= 11 is 0. The van der Waals surface area contributed by atoms with Crippen molar-refractivity contribution in [1.29, 1.82) is 5.26 Å². The van der Waals surface area contributed by atoms with Gasteiger partial charge in [0.2, 0.25) is 5.91 Å². The third-order valence-electron chi connectivity index (χ3n) is 3.77. The number of nitrogens with zero attached hydrogens (tertiary/aromatic N) is 2. The molecule has 4 heteroatoms. The molecule has 0 aliphatic carbocycles. The zero-order chi connectivity index (χ0) is 14.0. The number of nitriles is 1. The number of rotatable bonds is 2. The first-order chi connectivity index (χ1) is 9.06. The predicted molar refractivity (Wildman–Crippen MR) is 74.9 cm³/mol. The summed E-state index contributed by atoms with van der Waals surface area (Å²) in [7, 11) is 0. The molecule has 0 spiro atoms. The topological polar surface area (TPSA) is 56.1 Å². The molecule has 19 heavy (non-hydrogen) atoms. The lowest BCUT2D eigenvalue weighted by atomic mass is 10.0. The lowest BCUT2D eigenvalue weighted by molar-refractivity contribution is -0.122. The standard InChI is InChI=1S/C15H19N3O/c1-10-5-4-6-14(12(10)3)18-11(2)9-17-13(7-8-16)15(18)19/h4-6,11,13,17H,7,9H2,1-3H3. The van der Waals surface area contributed by atoms with Crippen molar-refractivity contribution < 1.29 is 4.79 Å². The Morgan fingerprint density at radius 1 is 1.47 bits per heavy atom. The molecule has 1 aliphatic heterocycles. The second-order valence-electron chi connectivity index (χ2n) is 5.10. The summed E-state index contributed by atoms with van der Waals surface area (Å²) in [6, 6.07) is 7.78. The molecule has 100 valence electrons. The van der Waals surface area contributed by atoms with Crippen molar-refractivity contribution in [3.05, 3.63) is 29.3 Å². The normalized spacial score (nSPS) is 23.3. The van der Waals surface area contributed by atoms with E-state index in [4.69, 9.17) is 5.26 Å². The van der Waals surface area contributed by atoms with Gasteiger partial charge < -0.3 is 10.2 Å². The lowest BCUT2D eigenvalue weighted by Gasteiger charge is -2.38. The minimum atomic E-state index is -0.388. The van der Waals surface area contributed by atoms with E-state index < -0.39 is 0 Å². The van der Waals surface area contributed by atoms with E-state index in [1.54, 1.807) is 0 Å². The van der Waals surface area contributed by atoms with Crippen molar-refractivity contribution in [2.24, 2.45) is 0 Å². The Labute approximate surface area is 114 Å². The zero-order valence-electron chi connectivity index (χ0n) is 11.6. The van der Waals surface area contributed by atoms with Crippen molar-refractivity contribution in [3.63, 3.8) is 0 Å². The molecule has 0 bridgehead atoms. The monoisotopic (exact) mass is 257 g/mol. The van der Waals surface area contributed by atoms with Gasteiger partial charge in [-0.1, -0.05) is 12.1 Å². The first-order valence-corrected chi connectivity index (χ1v) is 6.56. The van der Waals surface area contributed by atoms with Gasteiger partial charge in [-0.05, 0) is 38.0 Å². The number of hydrogen-bond acceptors (Lipinski definition) is 3. The molecule has 2 rings (SSSR count). The van der Waals surface area contributed by atoms with Gasteiger partial charge in [-0.2, -0.15) is 5.26 Å². The third-order valence-corrected chi connectivity index (χ3v) is 3.77. The largest absolute Gasteiger partial charge is 0.307 e. The fourth-order valence-corrected chi connectivity index (χ4v) is 2.48. The molecule has 1 aromatic rings. The smallest absolute Gasteiger partial charge is 0.245 e. The van der Waals surface area contributed by atoms with Crippen molar-refractivity contribution in [1.82, 2.24) is 5.32 Å². The molecule has 0 saturated carbocycles. The Balaban J connectivity index is 2.38. The number of anilines is 1. The van der Waals surface area contributed by atoms with E-state index in [1.165, 1.54) is 5.56 Å². The molecule has 1 fully saturated rings. The second-order valence-corrected chi connectivity index (χ2v) is 5.10. The number of amides is 1. The molecule has 1 amide bonds. The van der Waals surface area contributed by atoms with Crippen LogP contribution in [0.3, 0.4) is 0 Å². The SMILES string of the molecule is Cc1cccc(N2C(=O)C(CC#N)NCC2C)c1C. The maximum Gasteiger partial charge on any atom is 0.245 e. The maximum absolute atomic E-state index is 12.5. The molecule has 0 aromatic heterocycles. The van der Waals surface area contributed by atoms with Crippen LogP contribution in [0.5, 0.6) is 0 Å². The Morgan fingerprint density at radius 2 is 2.21 bits per heavy atom. The highest BCUT2D eigenvalue weighted by Crippen LogP contribution is 2.27. The van der Waals surface area contributed by atoms with E-state index in [1.807, 2.05) is 43.9 Å². The Kier molecular flexibility index (Phi) is 3.87. The van der Waals surface area contributed by atoms with Crippen LogP contribution in [0.2, 0.25) is 0 Å². The maximum atomic E-state index is 12.5. The molecule has 1 N–H and O–H groups in total. The van der Waals surface area contributed by atoms with Gasteiger partial charge in [-0.25, -0.2) is 0 Å². The minimum Gasteiger partial charge on any atom is -0.307 e. The highest BCUT2D eigenvalue weighted by Gasteiger charge is 2.34. The molecule has 1 aliphatic rings. The molecular weight excluding hydrogens is 238 g/mol. The van der Waals surface area contributed by atoms with Gasteiger partial charge in [-0.3, -0.25) is 4.79 Å². The average Bonchev–Trinajstić information content (AvgIpc) is 2.38. The number of carbonyl (C=O) groups is 1. The summed E-state index contributed by atoms with van der Waals surface area (Å²) in [6.45, 7) is 6.82. The molecule has 1 aromatic carbocycles. The fraction of sp³-hybridized carbons (Fsp3) is 0.467. The summed E-state index contributed by atoms with van der Waals surface area (Å²) in [6.07, 6.45) is 0.215. The quantitative estimate of drug-likeness (QED) is 0.880. The number of piperazine rings is 1. The summed E-state index contributed by atoms with van der Waals surface area (Å²) < 4.78 is 0. The number of carbonyl (C=O) groups excluding carboxylic acids is 1. The molecular formula is C15H19N3O. The van der Waals surface area contributed by atoms with Gasteiger partial charge in [0.15, 0.2) is 0 Å². The number of aryl methyl sites for hydroxylation is 1. The number of benzene rings is 1. The van der Waals surface area contributed by atoms with Crippen LogP contribution < -0.4 is 10.2 Å². The van der Waals surface area contributed by atoms with Crippen molar-refractivity contribution in [3.8, 4) is 6.07 Å². The van der Waals surface area contributed by atoms with Crippen LogP contribution in [-0.2, 0) is 4.79 Å². The summed E-state index contributed by atoms with van der Waals surface area (Å²) in [5.41, 5.74) is 3.26. The molecule has 2 unspecified atom stereocenters. The van der Waals surface area contributed by atoms with Crippen LogP contribution in [0.25, 0.3) is 0 Å². The minimum absolute atomic E-state index is 0.00556. The van der Waals surface area contributed by atoms with E-state index in [-0.39, 0.29) is 24.4 Å². The van der Waals surface area contributed by atoms with Crippen LogP contribution in [0.1, 0.15) is 24.5 Å². The molecule has 2 atom stereocenters. The highest BCUT2D eigenvalue weighted by atomic mass is 16.2. The van der Waals surface area contributed by atoms with Crippen LogP contribution >= 0.6 is 0 Å². The van der Waals surface area contributed by atoms with Crippen LogP contribution in [-0.4, -0.2) is 24.5 Å². The zero-order valence-corrected chi connectivity index (χ0v) is 11.6. The van der Waals surface area contributed by atoms with Crippen LogP contribution in [0.4, 0.5) is 5.69 Å². The molecule has 1 saturated heterocycles. The van der Waals surface area contributed by atoms with Crippen molar-refractivity contribution in [2.45, 2.75) is 39.3 Å². The predicted octanol–water partition coefficient (Wildman–Crippen LogP) is 1.91. The summed E-state index contributed by atoms with van der Waals surface area (Å²) in [4.78, 5) is 14.3. The Morgan fingerprint density at radius 3 is 2.89 bits per heavy atom. The van der Waals surface area contributed by atoms with E-state index in [0.29, 0.717) is 6.54 Å². The van der Waals surface area contributed by atoms with Gasteiger partial charge in [0.1, 0.15) is 6.04 Å². The van der Waals surface area contributed by atoms with Crippen LogP contribution in [0.15, 0.2) is 18.2 Å². The first-order valence-electron chi connectivity index (χ1n) is 6.56. The summed E-state index contributed by atoms with van der Waals surface area (Å²) in [5, 5.41) is 11.9. The van der Waals surface area contributed by atoms with Crippen LogP contribution in [0, 0.1) is 25.2 Å². The number of hydrogen-bond donors (Lipinski definition) is 1. The van der Waals surface area contributed by atoms with Gasteiger partial charge in [0.05, 0.1) is 12.5 Å². The Hall–Kier alpha value is -1.86. The first kappa shape index (κ1) is 13.6. The van der Waals surface area contributed by atoms with E-state index in [2.05, 4.69) is 11.4 Å². The van der Waals surface area contributed by atoms with E-state index in [0.717, 1.165) is 11.3 Å². The fourth-order valence-electron chi connectivity index (χ4n) is 2.48. The average molecular weight is 257 g/mol. The van der Waals surface area contributed by atoms with Crippen molar-refractivity contribution in [2.75, 3.05) is 11.4 Å². The molecule has 1 heterocycles.